The summed E-state index contributed by atoms with van der Waals surface area (Å²) in [5, 5.41) is 0.422. The summed E-state index contributed by atoms with van der Waals surface area (Å²) in [5.74, 6) is 0.901. The summed E-state index contributed by atoms with van der Waals surface area (Å²) < 4.78 is 16.5. The van der Waals surface area contributed by atoms with E-state index in [4.69, 9.17) is 38.0 Å². The molecule has 1 aromatic carbocycles. The Labute approximate surface area is 173 Å². The normalized spacial score (nSPS) is 19.8. The lowest BCUT2D eigenvalue weighted by Crippen LogP contribution is -2.42. The van der Waals surface area contributed by atoms with Crippen LogP contribution in [0.1, 0.15) is 5.56 Å². The second-order valence-corrected chi connectivity index (χ2v) is 8.11. The molecule has 0 spiro atoms. The molecule has 0 aromatic heterocycles. The van der Waals surface area contributed by atoms with E-state index in [1.807, 2.05) is 0 Å². The molecule has 0 atom stereocenters. The van der Waals surface area contributed by atoms with Crippen molar-refractivity contribution >= 4 is 51.9 Å². The summed E-state index contributed by atoms with van der Waals surface area (Å²) >= 11 is 13.0. The van der Waals surface area contributed by atoms with Gasteiger partial charge in [-0.25, -0.2) is 0 Å². The molecule has 27 heavy (non-hydrogen) atoms. The standard InChI is InChI=1S/C18H21ClN2O4S2/c1-23-14-10-12(9-13(19)16(14)24-2)11-15-17(22)21(18(26)27-15)4-3-20-5-7-25-8-6-20/h9-11H,3-8H2,1-2H3/b15-11+. The number of rotatable bonds is 6. The smallest absolute Gasteiger partial charge is 0.266 e. The lowest BCUT2D eigenvalue weighted by atomic mass is 10.2. The third-order valence-electron chi connectivity index (χ3n) is 4.37. The van der Waals surface area contributed by atoms with E-state index in [1.54, 1.807) is 30.2 Å². The summed E-state index contributed by atoms with van der Waals surface area (Å²) in [6.07, 6.45) is 1.78. The molecule has 2 saturated heterocycles. The van der Waals surface area contributed by atoms with Crippen molar-refractivity contribution in [1.82, 2.24) is 9.80 Å². The summed E-state index contributed by atoms with van der Waals surface area (Å²) in [6.45, 7) is 4.60. The van der Waals surface area contributed by atoms with Crippen molar-refractivity contribution in [3.63, 3.8) is 0 Å². The van der Waals surface area contributed by atoms with Gasteiger partial charge in [-0.05, 0) is 23.8 Å². The predicted molar refractivity (Wildman–Crippen MR) is 112 cm³/mol. The molecule has 0 saturated carbocycles. The Morgan fingerprint density at radius 2 is 2.00 bits per heavy atom. The van der Waals surface area contributed by atoms with Gasteiger partial charge in [0.1, 0.15) is 4.32 Å². The Kier molecular flexibility index (Phi) is 6.99. The fourth-order valence-corrected chi connectivity index (χ4v) is 4.54. The lowest BCUT2D eigenvalue weighted by molar-refractivity contribution is -0.122. The summed E-state index contributed by atoms with van der Waals surface area (Å²) in [5.41, 5.74) is 0.756. The van der Waals surface area contributed by atoms with Crippen LogP contribution in [0.15, 0.2) is 17.0 Å². The SMILES string of the molecule is COc1cc(/C=C2/SC(=S)N(CCN3CCOCC3)C2=O)cc(Cl)c1OC. The van der Waals surface area contributed by atoms with Gasteiger partial charge in [-0.1, -0.05) is 35.6 Å². The van der Waals surface area contributed by atoms with E-state index >= 15 is 0 Å². The van der Waals surface area contributed by atoms with Gasteiger partial charge in [-0.3, -0.25) is 14.6 Å². The molecule has 1 amide bonds. The molecule has 2 aliphatic heterocycles. The molecule has 0 bridgehead atoms. The molecule has 2 heterocycles. The van der Waals surface area contributed by atoms with Gasteiger partial charge in [0.15, 0.2) is 11.5 Å². The zero-order chi connectivity index (χ0) is 19.4. The Balaban J connectivity index is 1.73. The second kappa shape index (κ2) is 9.25. The number of morpholine rings is 1. The number of thioether (sulfide) groups is 1. The Bertz CT molecular complexity index is 766. The monoisotopic (exact) mass is 428 g/mol. The van der Waals surface area contributed by atoms with Gasteiger partial charge < -0.3 is 14.2 Å². The van der Waals surface area contributed by atoms with E-state index < -0.39 is 0 Å². The third kappa shape index (κ3) is 4.75. The van der Waals surface area contributed by atoms with Gasteiger partial charge in [0.05, 0.1) is 37.4 Å². The molecule has 3 rings (SSSR count). The molecular weight excluding hydrogens is 408 g/mol. The average molecular weight is 429 g/mol. The number of hydrogen-bond donors (Lipinski definition) is 0. The maximum Gasteiger partial charge on any atom is 0.266 e. The quantitative estimate of drug-likeness (QED) is 0.510. The number of carbonyl (C=O) groups excluding carboxylic acids is 1. The molecule has 6 nitrogen and oxygen atoms in total. The third-order valence-corrected chi connectivity index (χ3v) is 6.03. The fraction of sp³-hybridized carbons (Fsp3) is 0.444. The molecule has 0 radical (unpaired) electrons. The molecule has 2 fully saturated rings. The highest BCUT2D eigenvalue weighted by Gasteiger charge is 2.32. The minimum absolute atomic E-state index is 0.0795. The Morgan fingerprint density at radius 1 is 1.26 bits per heavy atom. The highest BCUT2D eigenvalue weighted by molar-refractivity contribution is 8.26. The van der Waals surface area contributed by atoms with Gasteiger partial charge in [-0.2, -0.15) is 0 Å². The second-order valence-electron chi connectivity index (χ2n) is 6.03. The van der Waals surface area contributed by atoms with Gasteiger partial charge in [0.2, 0.25) is 0 Å². The van der Waals surface area contributed by atoms with Crippen LogP contribution in [0.3, 0.4) is 0 Å². The van der Waals surface area contributed by atoms with Crippen LogP contribution in [0.25, 0.3) is 6.08 Å². The van der Waals surface area contributed by atoms with Crippen molar-refractivity contribution in [3.05, 3.63) is 27.6 Å². The number of halogens is 1. The molecule has 9 heteroatoms. The first-order valence-electron chi connectivity index (χ1n) is 8.50. The summed E-state index contributed by atoms with van der Waals surface area (Å²) in [7, 11) is 3.08. The van der Waals surface area contributed by atoms with E-state index in [1.165, 1.54) is 18.9 Å². The first kappa shape index (κ1) is 20.4. The minimum Gasteiger partial charge on any atom is -0.493 e. The van der Waals surface area contributed by atoms with E-state index in [2.05, 4.69) is 4.90 Å². The molecule has 146 valence electrons. The average Bonchev–Trinajstić information content (AvgIpc) is 2.93. The number of methoxy groups -OCH3 is 2. The zero-order valence-electron chi connectivity index (χ0n) is 15.2. The molecule has 0 N–H and O–H groups in total. The molecule has 2 aliphatic rings. The van der Waals surface area contributed by atoms with Crippen LogP contribution in [-0.4, -0.2) is 73.6 Å². The number of thiocarbonyl (C=S) groups is 1. The Morgan fingerprint density at radius 3 is 2.67 bits per heavy atom. The highest BCUT2D eigenvalue weighted by Crippen LogP contribution is 2.38. The van der Waals surface area contributed by atoms with Gasteiger partial charge in [0.25, 0.3) is 5.91 Å². The number of ether oxygens (including phenoxy) is 3. The van der Waals surface area contributed by atoms with Gasteiger partial charge in [-0.15, -0.1) is 0 Å². The van der Waals surface area contributed by atoms with Crippen LogP contribution < -0.4 is 9.47 Å². The predicted octanol–water partition coefficient (Wildman–Crippen LogP) is 2.89. The van der Waals surface area contributed by atoms with Crippen LogP contribution in [0.2, 0.25) is 5.02 Å². The summed E-state index contributed by atoms with van der Waals surface area (Å²) in [6, 6.07) is 3.52. The van der Waals surface area contributed by atoms with Crippen molar-refractivity contribution in [1.29, 1.82) is 0 Å². The minimum atomic E-state index is -0.0795. The number of hydrogen-bond acceptors (Lipinski definition) is 7. The zero-order valence-corrected chi connectivity index (χ0v) is 17.6. The van der Waals surface area contributed by atoms with Crippen molar-refractivity contribution < 1.29 is 19.0 Å². The number of carbonyl (C=O) groups is 1. The van der Waals surface area contributed by atoms with Gasteiger partial charge in [0, 0.05) is 26.2 Å². The highest BCUT2D eigenvalue weighted by atomic mass is 35.5. The van der Waals surface area contributed by atoms with Crippen molar-refractivity contribution in [2.24, 2.45) is 0 Å². The van der Waals surface area contributed by atoms with Crippen LogP contribution in [0.4, 0.5) is 0 Å². The lowest BCUT2D eigenvalue weighted by Gasteiger charge is -2.28. The fourth-order valence-electron chi connectivity index (χ4n) is 2.93. The molecule has 0 aliphatic carbocycles. The van der Waals surface area contributed by atoms with Crippen LogP contribution in [0, 0.1) is 0 Å². The molecular formula is C18H21ClN2O4S2. The molecule has 1 aromatic rings. The van der Waals surface area contributed by atoms with Crippen molar-refractivity contribution in [2.75, 3.05) is 53.6 Å². The Hall–Kier alpha value is -1.32. The number of nitrogens with zero attached hydrogens (tertiary/aromatic N) is 2. The van der Waals surface area contributed by atoms with Crippen LogP contribution in [-0.2, 0) is 9.53 Å². The van der Waals surface area contributed by atoms with Crippen molar-refractivity contribution in [3.8, 4) is 11.5 Å². The van der Waals surface area contributed by atoms with Crippen molar-refractivity contribution in [2.45, 2.75) is 0 Å². The topological polar surface area (TPSA) is 51.2 Å². The van der Waals surface area contributed by atoms with Gasteiger partial charge >= 0.3 is 0 Å². The van der Waals surface area contributed by atoms with Crippen LogP contribution in [0.5, 0.6) is 11.5 Å². The van der Waals surface area contributed by atoms with E-state index in [-0.39, 0.29) is 5.91 Å². The maximum atomic E-state index is 12.8. The van der Waals surface area contributed by atoms with E-state index in [9.17, 15) is 4.79 Å². The summed E-state index contributed by atoms with van der Waals surface area (Å²) in [4.78, 5) is 17.3. The first-order valence-corrected chi connectivity index (χ1v) is 10.1. The molecule has 0 unspecified atom stereocenters. The number of benzene rings is 1. The maximum absolute atomic E-state index is 12.8. The largest absolute Gasteiger partial charge is 0.493 e. The van der Waals surface area contributed by atoms with E-state index in [0.717, 1.165) is 38.4 Å². The first-order chi connectivity index (χ1) is 13.0. The number of amides is 1. The van der Waals surface area contributed by atoms with Crippen LogP contribution >= 0.6 is 35.6 Å². The van der Waals surface area contributed by atoms with E-state index in [0.29, 0.717) is 32.3 Å².